The fraction of sp³-hybridized carbons (Fsp3) is 0.348. The minimum absolute atomic E-state index is 0.0714. The van der Waals surface area contributed by atoms with Crippen LogP contribution < -0.4 is 5.32 Å². The summed E-state index contributed by atoms with van der Waals surface area (Å²) in [5.41, 5.74) is 3.81. The van der Waals surface area contributed by atoms with Crippen LogP contribution in [0.1, 0.15) is 32.0 Å². The molecular weight excluding hydrogens is 462 g/mol. The number of aliphatic carboxylic acids is 1. The number of carboxylic acid groups (broad SMARTS) is 1. The maximum Gasteiger partial charge on any atom is 0.306 e. The van der Waals surface area contributed by atoms with Crippen LogP contribution in [0.15, 0.2) is 37.6 Å². The molecule has 1 aliphatic rings. The first-order valence-corrected chi connectivity index (χ1v) is 11.6. The standard InChI is InChI=1S/C18H21N7O2.C5H4N4/c1-3-25-16(12-7-19-10(2)20-8-12)24-14-15(21-9-22-17(14)25)23-13-5-4-11(6-13)18(26)27;1-4-5(8-2-6-1)9-3-7-4/h7-9,11,13H,3-6H2,1-2H3,(H,26,27)(H,21,22,23);1-3H,(H,6,7,8,9)/t11-,13-;/m0./s1. The molecule has 0 amide bonds. The van der Waals surface area contributed by atoms with Crippen molar-refractivity contribution in [1.29, 1.82) is 0 Å². The lowest BCUT2D eigenvalue weighted by Crippen LogP contribution is -2.18. The van der Waals surface area contributed by atoms with Gasteiger partial charge in [-0.1, -0.05) is 0 Å². The quantitative estimate of drug-likeness (QED) is 0.332. The van der Waals surface area contributed by atoms with Crippen molar-refractivity contribution < 1.29 is 9.90 Å². The topological polar surface area (TPSA) is 173 Å². The second-order valence-corrected chi connectivity index (χ2v) is 8.44. The first-order chi connectivity index (χ1) is 17.5. The highest BCUT2D eigenvalue weighted by molar-refractivity contribution is 5.86. The van der Waals surface area contributed by atoms with Crippen molar-refractivity contribution in [1.82, 2.24) is 49.4 Å². The average molecular weight is 488 g/mol. The number of aryl methyl sites for hydroxylation is 2. The maximum absolute atomic E-state index is 11.2. The second kappa shape index (κ2) is 9.98. The van der Waals surface area contributed by atoms with Gasteiger partial charge in [-0.05, 0) is 33.1 Å². The predicted octanol–water partition coefficient (Wildman–Crippen LogP) is 2.63. The van der Waals surface area contributed by atoms with Crippen molar-refractivity contribution in [2.75, 3.05) is 5.32 Å². The van der Waals surface area contributed by atoms with E-state index in [1.165, 1.54) is 12.7 Å². The number of H-pyrrole nitrogens is 1. The molecule has 0 saturated heterocycles. The van der Waals surface area contributed by atoms with Crippen molar-refractivity contribution in [3.05, 3.63) is 43.4 Å². The van der Waals surface area contributed by atoms with Gasteiger partial charge in [0, 0.05) is 25.0 Å². The van der Waals surface area contributed by atoms with Gasteiger partial charge in [-0.2, -0.15) is 0 Å². The number of aromatic nitrogens is 10. The number of rotatable bonds is 5. The van der Waals surface area contributed by atoms with Gasteiger partial charge >= 0.3 is 5.97 Å². The molecule has 5 heterocycles. The van der Waals surface area contributed by atoms with Crippen LogP contribution >= 0.6 is 0 Å². The van der Waals surface area contributed by atoms with Crippen molar-refractivity contribution in [2.24, 2.45) is 5.92 Å². The number of anilines is 1. The first-order valence-electron chi connectivity index (χ1n) is 11.6. The Morgan fingerprint density at radius 1 is 1.11 bits per heavy atom. The molecule has 13 heteroatoms. The third-order valence-corrected chi connectivity index (χ3v) is 6.11. The zero-order valence-electron chi connectivity index (χ0n) is 19.8. The zero-order chi connectivity index (χ0) is 25.1. The van der Waals surface area contributed by atoms with Crippen LogP contribution in [0, 0.1) is 12.8 Å². The molecule has 0 aliphatic heterocycles. The molecule has 1 saturated carbocycles. The molecule has 5 aromatic rings. The summed E-state index contributed by atoms with van der Waals surface area (Å²) in [6.07, 6.45) is 11.8. The van der Waals surface area contributed by atoms with E-state index in [1.807, 2.05) is 18.4 Å². The van der Waals surface area contributed by atoms with E-state index in [1.54, 1.807) is 24.9 Å². The van der Waals surface area contributed by atoms with Crippen LogP contribution in [0.4, 0.5) is 5.82 Å². The smallest absolute Gasteiger partial charge is 0.306 e. The number of carboxylic acids is 1. The highest BCUT2D eigenvalue weighted by Gasteiger charge is 2.30. The van der Waals surface area contributed by atoms with Crippen LogP contribution in [-0.2, 0) is 11.3 Å². The number of hydrogen-bond donors (Lipinski definition) is 3. The van der Waals surface area contributed by atoms with Crippen molar-refractivity contribution >= 4 is 34.1 Å². The lowest BCUT2D eigenvalue weighted by atomic mass is 10.1. The number of fused-ring (bicyclic) bond motifs is 2. The van der Waals surface area contributed by atoms with Gasteiger partial charge in [0.2, 0.25) is 0 Å². The van der Waals surface area contributed by atoms with Gasteiger partial charge in [0.15, 0.2) is 22.6 Å². The van der Waals surface area contributed by atoms with Crippen LogP contribution in [0.3, 0.4) is 0 Å². The fourth-order valence-electron chi connectivity index (χ4n) is 4.29. The molecular formula is C23H25N11O2. The third kappa shape index (κ3) is 4.67. The number of hydrogen-bond acceptors (Lipinski definition) is 10. The monoisotopic (exact) mass is 487 g/mol. The summed E-state index contributed by atoms with van der Waals surface area (Å²) >= 11 is 0. The summed E-state index contributed by atoms with van der Waals surface area (Å²) in [5, 5.41) is 12.6. The molecule has 0 unspecified atom stereocenters. The minimum atomic E-state index is -0.732. The predicted molar refractivity (Wildman–Crippen MR) is 131 cm³/mol. The van der Waals surface area contributed by atoms with Crippen molar-refractivity contribution in [3.63, 3.8) is 0 Å². The normalized spacial score (nSPS) is 17.2. The second-order valence-electron chi connectivity index (χ2n) is 8.44. The van der Waals surface area contributed by atoms with E-state index in [9.17, 15) is 9.90 Å². The highest BCUT2D eigenvalue weighted by atomic mass is 16.4. The fourth-order valence-corrected chi connectivity index (χ4v) is 4.29. The van der Waals surface area contributed by atoms with Crippen LogP contribution in [-0.4, -0.2) is 66.5 Å². The van der Waals surface area contributed by atoms with Crippen LogP contribution in [0.5, 0.6) is 0 Å². The molecule has 3 N–H and O–H groups in total. The Labute approximate surface area is 205 Å². The molecule has 0 bridgehead atoms. The van der Waals surface area contributed by atoms with Gasteiger partial charge in [-0.25, -0.2) is 39.9 Å². The largest absolute Gasteiger partial charge is 0.481 e. The Hall–Kier alpha value is -4.55. The van der Waals surface area contributed by atoms with E-state index in [-0.39, 0.29) is 12.0 Å². The van der Waals surface area contributed by atoms with Gasteiger partial charge in [0.1, 0.15) is 29.8 Å². The van der Waals surface area contributed by atoms with Gasteiger partial charge < -0.3 is 20.0 Å². The summed E-state index contributed by atoms with van der Waals surface area (Å²) in [5.74, 6) is 1.05. The van der Waals surface area contributed by atoms with Crippen molar-refractivity contribution in [3.8, 4) is 11.4 Å². The summed E-state index contributed by atoms with van der Waals surface area (Å²) in [4.78, 5) is 47.7. The molecule has 13 nitrogen and oxygen atoms in total. The SMILES string of the molecule is CCn1c(-c2cnc(C)nc2)nc2c(N[C@H]3CC[C@H](C(=O)O)C3)ncnc21.c1ncc2nc[nH]c2n1. The van der Waals surface area contributed by atoms with Crippen LogP contribution in [0.25, 0.3) is 33.7 Å². The van der Waals surface area contributed by atoms with E-state index in [4.69, 9.17) is 4.98 Å². The number of imidazole rings is 2. The lowest BCUT2D eigenvalue weighted by Gasteiger charge is -2.13. The Bertz CT molecular complexity index is 1470. The average Bonchev–Trinajstić information content (AvgIpc) is 3.63. The maximum atomic E-state index is 11.2. The zero-order valence-corrected chi connectivity index (χ0v) is 19.8. The number of aromatic amines is 1. The van der Waals surface area contributed by atoms with Crippen LogP contribution in [0.2, 0.25) is 0 Å². The van der Waals surface area contributed by atoms with E-state index in [2.05, 4.69) is 45.2 Å². The van der Waals surface area contributed by atoms with E-state index in [0.29, 0.717) is 36.5 Å². The summed E-state index contributed by atoms with van der Waals surface area (Å²) in [6, 6.07) is 0.0714. The molecule has 0 aromatic carbocycles. The molecule has 2 atom stereocenters. The molecule has 1 fully saturated rings. The third-order valence-electron chi connectivity index (χ3n) is 6.11. The Morgan fingerprint density at radius 2 is 1.94 bits per heavy atom. The molecule has 6 rings (SSSR count). The Kier molecular flexibility index (Phi) is 6.43. The molecule has 0 spiro atoms. The minimum Gasteiger partial charge on any atom is -0.481 e. The number of nitrogens with zero attached hydrogens (tertiary/aromatic N) is 9. The van der Waals surface area contributed by atoms with Gasteiger partial charge in [0.25, 0.3) is 0 Å². The van der Waals surface area contributed by atoms with E-state index >= 15 is 0 Å². The number of nitrogens with one attached hydrogen (secondary N) is 2. The summed E-state index contributed by atoms with van der Waals surface area (Å²) < 4.78 is 2.00. The molecule has 1 aliphatic carbocycles. The van der Waals surface area contributed by atoms with Crippen molar-refractivity contribution in [2.45, 2.75) is 45.7 Å². The molecule has 0 radical (unpaired) electrons. The van der Waals surface area contributed by atoms with E-state index in [0.717, 1.165) is 34.6 Å². The van der Waals surface area contributed by atoms with Gasteiger partial charge in [-0.15, -0.1) is 0 Å². The molecule has 5 aromatic heterocycles. The lowest BCUT2D eigenvalue weighted by molar-refractivity contribution is -0.141. The van der Waals surface area contributed by atoms with Gasteiger partial charge in [-0.3, -0.25) is 4.79 Å². The van der Waals surface area contributed by atoms with Gasteiger partial charge in [0.05, 0.1) is 24.0 Å². The summed E-state index contributed by atoms with van der Waals surface area (Å²) in [7, 11) is 0. The van der Waals surface area contributed by atoms with E-state index < -0.39 is 5.97 Å². The summed E-state index contributed by atoms with van der Waals surface area (Å²) in [6.45, 7) is 4.57. The molecule has 36 heavy (non-hydrogen) atoms. The Balaban J connectivity index is 0.000000247. The number of carbonyl (C=O) groups is 1. The first kappa shape index (κ1) is 23.2. The highest BCUT2D eigenvalue weighted by Crippen LogP contribution is 2.31. The Morgan fingerprint density at radius 3 is 2.67 bits per heavy atom. The molecule has 184 valence electrons.